The van der Waals surface area contributed by atoms with E-state index in [1.807, 2.05) is 20.8 Å². The van der Waals surface area contributed by atoms with Gasteiger partial charge in [0.2, 0.25) is 0 Å². The number of hydrogen-bond donors (Lipinski definition) is 2. The first-order chi connectivity index (χ1) is 10.3. The Morgan fingerprint density at radius 1 is 1.45 bits per heavy atom. The van der Waals surface area contributed by atoms with Crippen molar-refractivity contribution in [3.63, 3.8) is 0 Å². The average Bonchev–Trinajstić information content (AvgIpc) is 2.93. The monoisotopic (exact) mass is 313 g/mol. The second kappa shape index (κ2) is 9.16. The maximum Gasteiger partial charge on any atom is 0.408 e. The highest BCUT2D eigenvalue weighted by Gasteiger charge is 2.28. The molecule has 5 heteroatoms. The minimum atomic E-state index is -0.711. The number of allylic oxidation sites excluding steroid dienone is 1. The number of aliphatic hydroxyl groups excluding tert-OH is 1. The molecular formula is C17H31NO4. The van der Waals surface area contributed by atoms with Crippen LogP contribution in [0.5, 0.6) is 0 Å². The summed E-state index contributed by atoms with van der Waals surface area (Å²) in [5.74, 6) is 0. The van der Waals surface area contributed by atoms with E-state index in [0.29, 0.717) is 6.61 Å². The van der Waals surface area contributed by atoms with Crippen molar-refractivity contribution in [3.05, 3.63) is 11.6 Å². The summed E-state index contributed by atoms with van der Waals surface area (Å²) in [5.41, 5.74) is 0.426. The molecule has 0 fully saturated rings. The van der Waals surface area contributed by atoms with Gasteiger partial charge in [-0.2, -0.15) is 0 Å². The Labute approximate surface area is 134 Å². The van der Waals surface area contributed by atoms with Crippen molar-refractivity contribution in [2.75, 3.05) is 13.2 Å². The molecule has 1 rings (SSSR count). The third-order valence-corrected chi connectivity index (χ3v) is 3.48. The van der Waals surface area contributed by atoms with Gasteiger partial charge in [-0.1, -0.05) is 19.4 Å². The molecule has 0 aliphatic heterocycles. The standard InChI is InChI=1S/C17H31NO4/c1-5-6-11-21-12-14(15(19)13-9-7-8-10-13)18-16(20)22-17(2,3)4/h9,14-15,19H,5-8,10-12H2,1-4H3,(H,18,20)/t14-,15+/m0/s1. The molecule has 0 spiro atoms. The molecule has 0 saturated carbocycles. The Morgan fingerprint density at radius 3 is 2.73 bits per heavy atom. The number of nitrogens with one attached hydrogen (secondary N) is 1. The van der Waals surface area contributed by atoms with E-state index in [2.05, 4.69) is 18.3 Å². The first-order valence-corrected chi connectivity index (χ1v) is 8.27. The van der Waals surface area contributed by atoms with Gasteiger partial charge in [0, 0.05) is 6.61 Å². The predicted molar refractivity (Wildman–Crippen MR) is 86.8 cm³/mol. The lowest BCUT2D eigenvalue weighted by Crippen LogP contribution is -2.48. The van der Waals surface area contributed by atoms with Gasteiger partial charge in [0.15, 0.2) is 0 Å². The van der Waals surface area contributed by atoms with Crippen molar-refractivity contribution in [1.82, 2.24) is 5.32 Å². The lowest BCUT2D eigenvalue weighted by molar-refractivity contribution is 0.0288. The SMILES string of the molecule is CCCCOC[C@H](NC(=O)OC(C)(C)C)[C@H](O)C1=CCCC1. The number of unbranched alkanes of at least 4 members (excludes halogenated alkanes) is 1. The van der Waals surface area contributed by atoms with Crippen LogP contribution in [0.3, 0.4) is 0 Å². The predicted octanol–water partition coefficient (Wildman–Crippen LogP) is 3.17. The molecule has 1 aliphatic carbocycles. The number of carbonyl (C=O) groups excluding carboxylic acids is 1. The molecular weight excluding hydrogens is 282 g/mol. The molecule has 0 radical (unpaired) electrons. The Kier molecular flexibility index (Phi) is 7.90. The molecule has 0 aromatic heterocycles. The van der Waals surface area contributed by atoms with Gasteiger partial charge in [-0.15, -0.1) is 0 Å². The zero-order valence-electron chi connectivity index (χ0n) is 14.4. The lowest BCUT2D eigenvalue weighted by Gasteiger charge is -2.27. The van der Waals surface area contributed by atoms with Crippen LogP contribution < -0.4 is 5.32 Å². The van der Waals surface area contributed by atoms with E-state index in [0.717, 1.165) is 37.7 Å². The van der Waals surface area contributed by atoms with E-state index in [1.54, 1.807) is 0 Å². The maximum atomic E-state index is 12.0. The fraction of sp³-hybridized carbons (Fsp3) is 0.824. The van der Waals surface area contributed by atoms with Crippen LogP contribution in [0.4, 0.5) is 4.79 Å². The second-order valence-corrected chi connectivity index (χ2v) is 6.80. The molecule has 0 saturated heterocycles. The Morgan fingerprint density at radius 2 is 2.18 bits per heavy atom. The van der Waals surface area contributed by atoms with Gasteiger partial charge in [-0.25, -0.2) is 4.79 Å². The van der Waals surface area contributed by atoms with Gasteiger partial charge in [-0.05, 0) is 52.0 Å². The van der Waals surface area contributed by atoms with Crippen LogP contribution >= 0.6 is 0 Å². The number of hydrogen-bond acceptors (Lipinski definition) is 4. The Hall–Kier alpha value is -1.07. The number of alkyl carbamates (subject to hydrolysis) is 1. The zero-order chi connectivity index (χ0) is 16.6. The van der Waals surface area contributed by atoms with Crippen LogP contribution in [0.15, 0.2) is 11.6 Å². The van der Waals surface area contributed by atoms with Crippen LogP contribution in [-0.2, 0) is 9.47 Å². The van der Waals surface area contributed by atoms with Crippen molar-refractivity contribution in [2.45, 2.75) is 77.5 Å². The number of aliphatic hydroxyl groups is 1. The van der Waals surface area contributed by atoms with Crippen LogP contribution in [0, 0.1) is 0 Å². The van der Waals surface area contributed by atoms with Crippen LogP contribution in [0.1, 0.15) is 59.8 Å². The molecule has 0 unspecified atom stereocenters. The Balaban J connectivity index is 2.58. The van der Waals surface area contributed by atoms with E-state index in [4.69, 9.17) is 9.47 Å². The summed E-state index contributed by atoms with van der Waals surface area (Å²) in [5, 5.41) is 13.2. The molecule has 0 bridgehead atoms. The Bertz CT molecular complexity index is 373. The van der Waals surface area contributed by atoms with Gasteiger partial charge in [0.05, 0.1) is 18.8 Å². The molecule has 0 aromatic rings. The average molecular weight is 313 g/mol. The largest absolute Gasteiger partial charge is 0.444 e. The van der Waals surface area contributed by atoms with Crippen molar-refractivity contribution in [3.8, 4) is 0 Å². The molecule has 1 amide bonds. The fourth-order valence-corrected chi connectivity index (χ4v) is 2.35. The van der Waals surface area contributed by atoms with Crippen LogP contribution in [-0.4, -0.2) is 42.2 Å². The van der Waals surface area contributed by atoms with Crippen molar-refractivity contribution in [2.24, 2.45) is 0 Å². The van der Waals surface area contributed by atoms with Crippen molar-refractivity contribution < 1.29 is 19.4 Å². The topological polar surface area (TPSA) is 67.8 Å². The summed E-state index contributed by atoms with van der Waals surface area (Å²) in [6.45, 7) is 8.46. The van der Waals surface area contributed by atoms with Gasteiger partial charge < -0.3 is 19.9 Å². The summed E-state index contributed by atoms with van der Waals surface area (Å²) in [4.78, 5) is 12.0. The van der Waals surface area contributed by atoms with Gasteiger partial charge in [-0.3, -0.25) is 0 Å². The highest BCUT2D eigenvalue weighted by molar-refractivity contribution is 5.68. The molecule has 128 valence electrons. The van der Waals surface area contributed by atoms with Gasteiger partial charge in [0.25, 0.3) is 0 Å². The number of ether oxygens (including phenoxy) is 2. The van der Waals surface area contributed by atoms with E-state index in [9.17, 15) is 9.90 Å². The summed E-state index contributed by atoms with van der Waals surface area (Å²) in [6.07, 6.45) is 5.77. The van der Waals surface area contributed by atoms with Gasteiger partial charge in [0.1, 0.15) is 5.60 Å². The third-order valence-electron chi connectivity index (χ3n) is 3.48. The summed E-state index contributed by atoms with van der Waals surface area (Å²) in [6, 6.07) is -0.476. The molecule has 2 N–H and O–H groups in total. The number of carbonyl (C=O) groups is 1. The maximum absolute atomic E-state index is 12.0. The van der Waals surface area contributed by atoms with E-state index >= 15 is 0 Å². The quantitative estimate of drug-likeness (QED) is 0.533. The van der Waals surface area contributed by atoms with Crippen molar-refractivity contribution in [1.29, 1.82) is 0 Å². The number of amides is 1. The molecule has 22 heavy (non-hydrogen) atoms. The first-order valence-electron chi connectivity index (χ1n) is 8.27. The minimum absolute atomic E-state index is 0.289. The minimum Gasteiger partial charge on any atom is -0.444 e. The lowest BCUT2D eigenvalue weighted by atomic mass is 10.0. The van der Waals surface area contributed by atoms with E-state index < -0.39 is 23.8 Å². The second-order valence-electron chi connectivity index (χ2n) is 6.80. The molecule has 5 nitrogen and oxygen atoms in total. The van der Waals surface area contributed by atoms with E-state index in [1.165, 1.54) is 0 Å². The fourth-order valence-electron chi connectivity index (χ4n) is 2.35. The third kappa shape index (κ3) is 7.27. The zero-order valence-corrected chi connectivity index (χ0v) is 14.4. The highest BCUT2D eigenvalue weighted by atomic mass is 16.6. The summed E-state index contributed by atoms with van der Waals surface area (Å²) in [7, 11) is 0. The smallest absolute Gasteiger partial charge is 0.408 e. The number of rotatable bonds is 8. The highest BCUT2D eigenvalue weighted by Crippen LogP contribution is 2.23. The summed E-state index contributed by atoms with van der Waals surface area (Å²) < 4.78 is 10.9. The molecule has 1 aliphatic rings. The molecule has 0 aromatic carbocycles. The van der Waals surface area contributed by atoms with Crippen LogP contribution in [0.2, 0.25) is 0 Å². The summed E-state index contributed by atoms with van der Waals surface area (Å²) >= 11 is 0. The normalized spacial score (nSPS) is 17.8. The van der Waals surface area contributed by atoms with E-state index in [-0.39, 0.29) is 6.61 Å². The van der Waals surface area contributed by atoms with Crippen LogP contribution in [0.25, 0.3) is 0 Å². The molecule has 0 heterocycles. The first kappa shape index (κ1) is 19.0. The van der Waals surface area contributed by atoms with Crippen molar-refractivity contribution >= 4 is 6.09 Å². The van der Waals surface area contributed by atoms with Gasteiger partial charge >= 0.3 is 6.09 Å². The molecule has 2 atom stereocenters.